The van der Waals surface area contributed by atoms with Crippen molar-refractivity contribution in [3.63, 3.8) is 0 Å². The molecule has 3 aliphatic rings. The van der Waals surface area contributed by atoms with Gasteiger partial charge in [0, 0.05) is 12.8 Å². The van der Waals surface area contributed by atoms with E-state index in [4.69, 9.17) is 0 Å². The van der Waals surface area contributed by atoms with Gasteiger partial charge in [-0.05, 0) is 37.5 Å². The maximum absolute atomic E-state index is 14.8. The van der Waals surface area contributed by atoms with Crippen molar-refractivity contribution in [2.75, 3.05) is 13.4 Å². The normalized spacial score (nSPS) is 42.1. The molecule has 2 nitrogen and oxygen atoms in total. The summed E-state index contributed by atoms with van der Waals surface area (Å²) in [6.45, 7) is -2.61. The van der Waals surface area contributed by atoms with Crippen molar-refractivity contribution in [1.82, 2.24) is 0 Å². The Labute approximate surface area is 176 Å². The smallest absolute Gasteiger partial charge is 0.354 e. The van der Waals surface area contributed by atoms with E-state index in [2.05, 4.69) is 9.47 Å². The lowest BCUT2D eigenvalue weighted by Crippen LogP contribution is -2.67. The molecule has 6 unspecified atom stereocenters. The van der Waals surface area contributed by atoms with Gasteiger partial charge < -0.3 is 9.47 Å². The number of hydrogen-bond acceptors (Lipinski definition) is 2. The van der Waals surface area contributed by atoms with Gasteiger partial charge in [0.05, 0.1) is 12.0 Å². The van der Waals surface area contributed by atoms with Crippen LogP contribution in [0.25, 0.3) is 0 Å². The highest BCUT2D eigenvalue weighted by Crippen LogP contribution is 2.66. The molecular weight excluding hydrogens is 469 g/mol. The van der Waals surface area contributed by atoms with E-state index in [1.165, 1.54) is 0 Å². The van der Waals surface area contributed by atoms with Crippen LogP contribution in [0.15, 0.2) is 0 Å². The van der Waals surface area contributed by atoms with E-state index in [9.17, 15) is 48.3 Å². The highest BCUT2D eigenvalue weighted by molar-refractivity contribution is 5.23. The fourth-order valence-corrected chi connectivity index (χ4v) is 5.95. The van der Waals surface area contributed by atoms with Crippen LogP contribution in [0.2, 0.25) is 0 Å². The molecule has 0 aromatic heterocycles. The first-order chi connectivity index (χ1) is 14.3. The molecule has 6 atom stereocenters. The molecule has 3 rings (SSSR count). The molecule has 3 fully saturated rings. The van der Waals surface area contributed by atoms with Crippen molar-refractivity contribution in [1.29, 1.82) is 0 Å². The topological polar surface area (TPSA) is 18.5 Å². The average Bonchev–Trinajstić information content (AvgIpc) is 3.25. The minimum absolute atomic E-state index is 0.230. The predicted molar refractivity (Wildman–Crippen MR) is 87.8 cm³/mol. The molecule has 3 saturated carbocycles. The van der Waals surface area contributed by atoms with Gasteiger partial charge in [-0.15, -0.1) is 0 Å². The Balaban J connectivity index is 1.81. The first-order valence-electron chi connectivity index (χ1n) is 10.1. The highest BCUT2D eigenvalue weighted by Gasteiger charge is 2.89. The van der Waals surface area contributed by atoms with Crippen LogP contribution in [0, 0.1) is 23.2 Å². The Bertz CT molecular complexity index is 716. The second-order valence-electron chi connectivity index (χ2n) is 9.45. The number of hydrogen-bond donors (Lipinski definition) is 0. The summed E-state index contributed by atoms with van der Waals surface area (Å²) in [5.74, 6) is -14.1. The summed E-state index contributed by atoms with van der Waals surface area (Å²) in [6.07, 6.45) is -11.9. The van der Waals surface area contributed by atoms with Crippen LogP contribution >= 0.6 is 0 Å². The summed E-state index contributed by atoms with van der Waals surface area (Å²) < 4.78 is 163. The van der Waals surface area contributed by atoms with Crippen molar-refractivity contribution in [3.8, 4) is 0 Å². The monoisotopic (exact) mass is 492 g/mol. The van der Waals surface area contributed by atoms with Gasteiger partial charge in [0.1, 0.15) is 6.79 Å². The molecule has 13 heteroatoms. The maximum atomic E-state index is 14.8. The second-order valence-corrected chi connectivity index (χ2v) is 9.45. The molecule has 0 N–H and O–H groups in total. The van der Waals surface area contributed by atoms with E-state index >= 15 is 0 Å². The molecular formula is C19H23F11O2. The van der Waals surface area contributed by atoms with Gasteiger partial charge in [-0.25, -0.2) is 13.2 Å². The Morgan fingerprint density at radius 3 is 1.84 bits per heavy atom. The molecule has 0 heterocycles. The summed E-state index contributed by atoms with van der Waals surface area (Å²) in [6, 6.07) is 0. The lowest BCUT2D eigenvalue weighted by Gasteiger charge is -2.42. The Morgan fingerprint density at radius 2 is 1.47 bits per heavy atom. The molecule has 0 aromatic carbocycles. The molecule has 0 radical (unpaired) electrons. The van der Waals surface area contributed by atoms with Crippen LogP contribution < -0.4 is 0 Å². The van der Waals surface area contributed by atoms with Gasteiger partial charge in [-0.3, -0.25) is 0 Å². The molecule has 188 valence electrons. The Morgan fingerprint density at radius 1 is 0.875 bits per heavy atom. The van der Waals surface area contributed by atoms with Gasteiger partial charge in [-0.2, -0.15) is 35.1 Å². The van der Waals surface area contributed by atoms with Crippen molar-refractivity contribution < 1.29 is 57.8 Å². The van der Waals surface area contributed by atoms with Crippen molar-refractivity contribution in [2.45, 2.75) is 81.4 Å². The Kier molecular flexibility index (Phi) is 5.90. The third kappa shape index (κ3) is 3.26. The zero-order valence-electron chi connectivity index (χ0n) is 17.2. The second kappa shape index (κ2) is 7.32. The van der Waals surface area contributed by atoms with Gasteiger partial charge in [0.2, 0.25) is 11.3 Å². The first kappa shape index (κ1) is 25.8. The van der Waals surface area contributed by atoms with E-state index in [1.54, 1.807) is 0 Å². The molecule has 0 aliphatic heterocycles. The number of rotatable bonds is 6. The predicted octanol–water partition coefficient (Wildman–Crippen LogP) is 6.69. The molecule has 0 spiro atoms. The van der Waals surface area contributed by atoms with Gasteiger partial charge >= 0.3 is 18.3 Å². The van der Waals surface area contributed by atoms with E-state index in [0.29, 0.717) is 13.3 Å². The molecule has 3 aliphatic carbocycles. The fourth-order valence-electron chi connectivity index (χ4n) is 5.95. The van der Waals surface area contributed by atoms with Crippen LogP contribution in [-0.4, -0.2) is 48.9 Å². The zero-order valence-corrected chi connectivity index (χ0v) is 17.2. The Hall–Kier alpha value is -0.850. The van der Waals surface area contributed by atoms with E-state index in [-0.39, 0.29) is 32.1 Å². The van der Waals surface area contributed by atoms with Crippen molar-refractivity contribution in [2.24, 2.45) is 23.2 Å². The lowest BCUT2D eigenvalue weighted by atomic mass is 9.73. The van der Waals surface area contributed by atoms with Crippen LogP contribution in [0.5, 0.6) is 0 Å². The SMILES string of the molecule is CC1CC(OCOCC2(C(F)(F)F)CC3CCC2C3)(C(F)(F)F)C(F)(F)C1(F)C(C)(F)F. The van der Waals surface area contributed by atoms with Crippen LogP contribution in [0.1, 0.15) is 46.0 Å². The summed E-state index contributed by atoms with van der Waals surface area (Å²) in [4.78, 5) is 0. The molecule has 0 saturated heterocycles. The largest absolute Gasteiger partial charge is 0.423 e. The van der Waals surface area contributed by atoms with Crippen LogP contribution in [0.4, 0.5) is 48.3 Å². The minimum Gasteiger partial charge on any atom is -0.354 e. The van der Waals surface area contributed by atoms with Gasteiger partial charge in [-0.1, -0.05) is 13.3 Å². The summed E-state index contributed by atoms with van der Waals surface area (Å²) >= 11 is 0. The van der Waals surface area contributed by atoms with Gasteiger partial charge in [0.25, 0.3) is 5.92 Å². The third-order valence-electron chi connectivity index (χ3n) is 7.62. The maximum Gasteiger partial charge on any atom is 0.423 e. The highest BCUT2D eigenvalue weighted by atomic mass is 19.4. The number of fused-ring (bicyclic) bond motifs is 2. The average molecular weight is 492 g/mol. The first-order valence-corrected chi connectivity index (χ1v) is 10.1. The van der Waals surface area contributed by atoms with Crippen LogP contribution in [-0.2, 0) is 9.47 Å². The molecule has 32 heavy (non-hydrogen) atoms. The van der Waals surface area contributed by atoms with Crippen LogP contribution in [0.3, 0.4) is 0 Å². The summed E-state index contributed by atoms with van der Waals surface area (Å²) in [5, 5.41) is 0. The van der Waals surface area contributed by atoms with E-state index < -0.39 is 72.5 Å². The standard InChI is InChI=1S/C19H23F11O2/c1-10-6-15(19(28,29)30,17(23,24)16(10,22)13(2,20)21)32-9-31-8-14(18(25,26)27)7-11-3-4-12(14)5-11/h10-12H,3-9H2,1-2H3. The van der Waals surface area contributed by atoms with E-state index in [0.717, 1.165) is 0 Å². The zero-order chi connectivity index (χ0) is 24.6. The van der Waals surface area contributed by atoms with E-state index in [1.807, 2.05) is 0 Å². The number of ether oxygens (including phenoxy) is 2. The quantitative estimate of drug-likeness (QED) is 0.234. The lowest BCUT2D eigenvalue weighted by molar-refractivity contribution is -0.379. The third-order valence-corrected chi connectivity index (χ3v) is 7.62. The van der Waals surface area contributed by atoms with Crippen molar-refractivity contribution in [3.05, 3.63) is 0 Å². The molecule has 2 bridgehead atoms. The number of alkyl halides is 11. The van der Waals surface area contributed by atoms with Gasteiger partial charge in [0.15, 0.2) is 0 Å². The van der Waals surface area contributed by atoms with Crippen molar-refractivity contribution >= 4 is 0 Å². The minimum atomic E-state index is -6.01. The summed E-state index contributed by atoms with van der Waals surface area (Å²) in [5.41, 5.74) is -11.9. The molecule has 0 aromatic rings. The fraction of sp³-hybridized carbons (Fsp3) is 1.00. The number of halogens is 11. The summed E-state index contributed by atoms with van der Waals surface area (Å²) in [7, 11) is 0. The molecule has 0 amide bonds.